The molecule has 1 N–H and O–H groups in total. The first-order valence-corrected chi connectivity index (χ1v) is 5.46. The molecule has 0 radical (unpaired) electrons. The Morgan fingerprint density at radius 2 is 1.89 bits per heavy atom. The van der Waals surface area contributed by atoms with Crippen LogP contribution >= 0.6 is 0 Å². The van der Waals surface area contributed by atoms with E-state index in [0.717, 1.165) is 12.1 Å². The molecule has 3 nitrogen and oxygen atoms in total. The molecule has 1 heterocycles. The van der Waals surface area contributed by atoms with E-state index in [1.165, 1.54) is 12.1 Å². The van der Waals surface area contributed by atoms with E-state index in [4.69, 9.17) is 4.74 Å². The van der Waals surface area contributed by atoms with E-state index in [9.17, 15) is 18.0 Å². The second-order valence-electron chi connectivity index (χ2n) is 4.37. The van der Waals surface area contributed by atoms with E-state index in [-0.39, 0.29) is 0 Å². The van der Waals surface area contributed by atoms with Crippen molar-refractivity contribution in [3.63, 3.8) is 0 Å². The van der Waals surface area contributed by atoms with Crippen LogP contribution in [0.4, 0.5) is 18.0 Å². The average molecular weight is 259 g/mol. The van der Waals surface area contributed by atoms with Gasteiger partial charge in [0.15, 0.2) is 0 Å². The third-order valence-electron chi connectivity index (χ3n) is 3.01. The highest BCUT2D eigenvalue weighted by Crippen LogP contribution is 2.34. The van der Waals surface area contributed by atoms with Crippen molar-refractivity contribution in [3.05, 3.63) is 35.4 Å². The Morgan fingerprint density at radius 1 is 1.28 bits per heavy atom. The Balaban J connectivity index is 2.26. The van der Waals surface area contributed by atoms with Crippen LogP contribution in [0.5, 0.6) is 0 Å². The Bertz CT molecular complexity index is 455. The molecule has 18 heavy (non-hydrogen) atoms. The Morgan fingerprint density at radius 3 is 2.39 bits per heavy atom. The summed E-state index contributed by atoms with van der Waals surface area (Å²) >= 11 is 0. The minimum atomic E-state index is -4.36. The smallest absolute Gasteiger partial charge is 0.416 e. The van der Waals surface area contributed by atoms with Gasteiger partial charge < -0.3 is 10.1 Å². The molecule has 0 spiro atoms. The summed E-state index contributed by atoms with van der Waals surface area (Å²) in [4.78, 5) is 11.2. The number of rotatable bonds is 1. The molecule has 2 rings (SSSR count). The number of cyclic esters (lactones) is 1. The van der Waals surface area contributed by atoms with Crippen LogP contribution in [0.2, 0.25) is 0 Å². The van der Waals surface area contributed by atoms with Crippen molar-refractivity contribution in [3.8, 4) is 0 Å². The Kier molecular flexibility index (Phi) is 2.96. The molecule has 1 aromatic carbocycles. The van der Waals surface area contributed by atoms with Gasteiger partial charge in [0.25, 0.3) is 0 Å². The van der Waals surface area contributed by atoms with Gasteiger partial charge in [-0.3, -0.25) is 0 Å². The summed E-state index contributed by atoms with van der Waals surface area (Å²) < 4.78 is 42.4. The summed E-state index contributed by atoms with van der Waals surface area (Å²) in [5, 5.41) is 2.50. The molecule has 1 aliphatic heterocycles. The number of hydrogen-bond acceptors (Lipinski definition) is 2. The van der Waals surface area contributed by atoms with Crippen LogP contribution < -0.4 is 5.32 Å². The summed E-state index contributed by atoms with van der Waals surface area (Å²) in [7, 11) is 0. The molecule has 6 heteroatoms. The molecule has 0 aromatic heterocycles. The lowest BCUT2D eigenvalue weighted by molar-refractivity contribution is -0.137. The lowest BCUT2D eigenvalue weighted by atomic mass is 9.90. The summed E-state index contributed by atoms with van der Waals surface area (Å²) in [6, 6.07) is 4.69. The third-order valence-corrected chi connectivity index (χ3v) is 3.01. The summed E-state index contributed by atoms with van der Waals surface area (Å²) in [6.45, 7) is 2.13. The number of benzene rings is 1. The topological polar surface area (TPSA) is 38.3 Å². The normalized spacial score (nSPS) is 24.3. The van der Waals surface area contributed by atoms with E-state index in [0.29, 0.717) is 18.5 Å². The van der Waals surface area contributed by atoms with Gasteiger partial charge >= 0.3 is 12.3 Å². The highest BCUT2D eigenvalue weighted by Gasteiger charge is 2.36. The number of amides is 1. The number of hydrogen-bond donors (Lipinski definition) is 1. The first-order valence-electron chi connectivity index (χ1n) is 5.46. The number of halogens is 3. The van der Waals surface area contributed by atoms with Crippen molar-refractivity contribution < 1.29 is 22.7 Å². The number of carbonyl (C=O) groups excluding carboxylic acids is 1. The van der Waals surface area contributed by atoms with E-state index in [1.807, 2.05) is 0 Å². The lowest BCUT2D eigenvalue weighted by Crippen LogP contribution is -2.43. The third kappa shape index (κ3) is 2.42. The van der Waals surface area contributed by atoms with Crippen molar-refractivity contribution >= 4 is 6.09 Å². The van der Waals surface area contributed by atoms with Gasteiger partial charge in [-0.05, 0) is 24.6 Å². The van der Waals surface area contributed by atoms with Crippen molar-refractivity contribution in [2.45, 2.75) is 25.1 Å². The zero-order valence-electron chi connectivity index (χ0n) is 9.67. The van der Waals surface area contributed by atoms with Gasteiger partial charge in [-0.1, -0.05) is 12.1 Å². The van der Waals surface area contributed by atoms with Crippen LogP contribution in [-0.2, 0) is 16.5 Å². The number of ether oxygens (including phenoxy) is 1. The molecule has 1 aromatic rings. The predicted molar refractivity (Wildman–Crippen MR) is 57.9 cm³/mol. The lowest BCUT2D eigenvalue weighted by Gasteiger charge is -2.34. The highest BCUT2D eigenvalue weighted by molar-refractivity contribution is 5.68. The van der Waals surface area contributed by atoms with Crippen molar-refractivity contribution in [1.82, 2.24) is 5.32 Å². The molecule has 1 atom stereocenters. The number of carbonyl (C=O) groups is 1. The first kappa shape index (κ1) is 12.7. The van der Waals surface area contributed by atoms with Crippen molar-refractivity contribution in [1.29, 1.82) is 0 Å². The maximum absolute atomic E-state index is 12.4. The minimum absolute atomic E-state index is 0.441. The SMILES string of the molecule is CC1(c2ccc(C(F)(F)F)cc2)CCNC(=O)O1. The predicted octanol–water partition coefficient (Wildman–Crippen LogP) is 3.05. The minimum Gasteiger partial charge on any atom is -0.438 e. The average Bonchev–Trinajstić information content (AvgIpc) is 2.28. The van der Waals surface area contributed by atoms with E-state index < -0.39 is 23.4 Å². The standard InChI is InChI=1S/C12H12F3NO2/c1-11(6-7-16-10(17)18-11)8-2-4-9(5-3-8)12(13,14)15/h2-5H,6-7H2,1H3,(H,16,17). The summed E-state index contributed by atoms with van der Waals surface area (Å²) in [5.41, 5.74) is -1.02. The van der Waals surface area contributed by atoms with E-state index in [2.05, 4.69) is 5.32 Å². The molecular formula is C12H12F3NO2. The molecule has 1 fully saturated rings. The molecule has 0 saturated carbocycles. The van der Waals surface area contributed by atoms with Gasteiger partial charge in [0.05, 0.1) is 5.56 Å². The van der Waals surface area contributed by atoms with Gasteiger partial charge in [-0.25, -0.2) is 4.79 Å². The van der Waals surface area contributed by atoms with Gasteiger partial charge in [-0.2, -0.15) is 13.2 Å². The van der Waals surface area contributed by atoms with Gasteiger partial charge in [0.1, 0.15) is 5.60 Å². The maximum Gasteiger partial charge on any atom is 0.416 e. The van der Waals surface area contributed by atoms with Gasteiger partial charge in [-0.15, -0.1) is 0 Å². The fourth-order valence-corrected chi connectivity index (χ4v) is 1.91. The van der Waals surface area contributed by atoms with Gasteiger partial charge in [0.2, 0.25) is 0 Å². The fraction of sp³-hybridized carbons (Fsp3) is 0.417. The Labute approximate surface area is 102 Å². The molecule has 1 amide bonds. The van der Waals surface area contributed by atoms with Crippen molar-refractivity contribution in [2.24, 2.45) is 0 Å². The zero-order valence-corrected chi connectivity index (χ0v) is 9.67. The first-order chi connectivity index (χ1) is 8.31. The van der Waals surface area contributed by atoms with Gasteiger partial charge in [0, 0.05) is 13.0 Å². The molecule has 1 unspecified atom stereocenters. The quantitative estimate of drug-likeness (QED) is 0.841. The molecule has 1 aliphatic rings. The summed E-state index contributed by atoms with van der Waals surface area (Å²) in [6.07, 6.45) is -4.39. The van der Waals surface area contributed by atoms with Crippen LogP contribution in [-0.4, -0.2) is 12.6 Å². The number of alkyl halides is 3. The van der Waals surface area contributed by atoms with Crippen LogP contribution in [0.1, 0.15) is 24.5 Å². The van der Waals surface area contributed by atoms with Crippen LogP contribution in [0.15, 0.2) is 24.3 Å². The molecule has 0 aliphatic carbocycles. The zero-order chi connectivity index (χ0) is 13.4. The van der Waals surface area contributed by atoms with E-state index in [1.54, 1.807) is 6.92 Å². The number of nitrogens with one attached hydrogen (secondary N) is 1. The monoisotopic (exact) mass is 259 g/mol. The van der Waals surface area contributed by atoms with Crippen LogP contribution in [0, 0.1) is 0 Å². The Hall–Kier alpha value is -1.72. The molecular weight excluding hydrogens is 247 g/mol. The fourth-order valence-electron chi connectivity index (χ4n) is 1.91. The van der Waals surface area contributed by atoms with E-state index >= 15 is 0 Å². The molecule has 0 bridgehead atoms. The van der Waals surface area contributed by atoms with Crippen molar-refractivity contribution in [2.75, 3.05) is 6.54 Å². The summed E-state index contributed by atoms with van der Waals surface area (Å²) in [5.74, 6) is 0. The maximum atomic E-state index is 12.4. The highest BCUT2D eigenvalue weighted by atomic mass is 19.4. The van der Waals surface area contributed by atoms with Crippen LogP contribution in [0.3, 0.4) is 0 Å². The molecule has 98 valence electrons. The molecule has 1 saturated heterocycles. The van der Waals surface area contributed by atoms with Crippen LogP contribution in [0.25, 0.3) is 0 Å². The second kappa shape index (κ2) is 4.19. The second-order valence-corrected chi connectivity index (χ2v) is 4.37. The number of alkyl carbamates (subject to hydrolysis) is 1. The largest absolute Gasteiger partial charge is 0.438 e.